The summed E-state index contributed by atoms with van der Waals surface area (Å²) in [6.45, 7) is 0. The van der Waals surface area contributed by atoms with Gasteiger partial charge in [-0.2, -0.15) is 0 Å². The molecule has 2 fully saturated rings. The zero-order valence-corrected chi connectivity index (χ0v) is 17.8. The Morgan fingerprint density at radius 1 is 0.357 bits per heavy atom. The summed E-state index contributed by atoms with van der Waals surface area (Å²) < 4.78 is 0. The molecule has 0 aliphatic heterocycles. The van der Waals surface area contributed by atoms with Gasteiger partial charge in [0.05, 0.1) is 0 Å². The minimum absolute atomic E-state index is 1.11. The van der Waals surface area contributed by atoms with E-state index in [-0.39, 0.29) is 0 Å². The molecule has 2 aromatic rings. The van der Waals surface area contributed by atoms with Crippen LogP contribution in [0.2, 0.25) is 0 Å². The second-order valence-corrected chi connectivity index (χ2v) is 8.94. The summed E-state index contributed by atoms with van der Waals surface area (Å²) >= 11 is 0. The average Bonchev–Trinajstić information content (AvgIpc) is 2.70. The number of rotatable bonds is 2. The van der Waals surface area contributed by atoms with Crippen LogP contribution in [0, 0.1) is 11.8 Å². The smallest absolute Gasteiger partial charge is 0.0184 e. The van der Waals surface area contributed by atoms with E-state index in [2.05, 4.69) is 48.5 Å². The molecule has 0 nitrogen and oxygen atoms in total. The highest BCUT2D eigenvalue weighted by atomic mass is 14.3. The molecule has 2 aromatic carbocycles. The molecule has 28 heavy (non-hydrogen) atoms. The normalized spacial score (nSPS) is 20.0. The molecule has 4 rings (SSSR count). The Hall–Kier alpha value is -1.56. The Balaban J connectivity index is 0.000000167. The monoisotopic (exact) mass is 376 g/mol. The van der Waals surface area contributed by atoms with Gasteiger partial charge in [0, 0.05) is 0 Å². The van der Waals surface area contributed by atoms with Crippen molar-refractivity contribution in [1.29, 1.82) is 0 Å². The fraction of sp³-hybridized carbons (Fsp3) is 0.571. The maximum absolute atomic E-state index is 2.12. The summed E-state index contributed by atoms with van der Waals surface area (Å²) in [5.41, 5.74) is 2.55. The lowest BCUT2D eigenvalue weighted by molar-refractivity contribution is 0.221. The molecule has 2 aliphatic rings. The van der Waals surface area contributed by atoms with E-state index in [0.717, 1.165) is 11.8 Å². The van der Waals surface area contributed by atoms with Crippen molar-refractivity contribution in [3.05, 3.63) is 60.7 Å². The first kappa shape index (κ1) is 21.2. The van der Waals surface area contributed by atoms with Crippen molar-refractivity contribution >= 4 is 0 Å². The van der Waals surface area contributed by atoms with Crippen molar-refractivity contribution < 1.29 is 0 Å². The summed E-state index contributed by atoms with van der Waals surface area (Å²) in [4.78, 5) is 0. The van der Waals surface area contributed by atoms with E-state index in [0.29, 0.717) is 0 Å². The Bertz CT molecular complexity index is 542. The highest BCUT2D eigenvalue weighted by molar-refractivity contribution is 5.62. The van der Waals surface area contributed by atoms with E-state index in [1.165, 1.54) is 75.3 Å². The first-order chi connectivity index (χ1) is 13.9. The summed E-state index contributed by atoms with van der Waals surface area (Å²) in [7, 11) is 0. The lowest BCUT2D eigenvalue weighted by Gasteiger charge is -2.30. The fourth-order valence-corrected chi connectivity index (χ4v) is 5.18. The third-order valence-corrected chi connectivity index (χ3v) is 6.85. The molecular formula is C28H40. The molecule has 0 atom stereocenters. The van der Waals surface area contributed by atoms with Crippen LogP contribution in [0.3, 0.4) is 0 Å². The SMILES string of the molecule is C1CCCC(C2CCCCCCC2)CCC1.c1ccc(-c2ccccc2)cc1. The molecule has 0 amide bonds. The Kier molecular flexibility index (Phi) is 9.68. The fourth-order valence-electron chi connectivity index (χ4n) is 5.18. The molecule has 152 valence electrons. The first-order valence-corrected chi connectivity index (χ1v) is 12.0. The molecule has 0 spiro atoms. The van der Waals surface area contributed by atoms with Crippen LogP contribution < -0.4 is 0 Å². The van der Waals surface area contributed by atoms with Gasteiger partial charge in [0.25, 0.3) is 0 Å². The van der Waals surface area contributed by atoms with Crippen molar-refractivity contribution in [3.8, 4) is 11.1 Å². The highest BCUT2D eigenvalue weighted by Gasteiger charge is 2.22. The largest absolute Gasteiger partial charge is 0.0622 e. The molecule has 0 bridgehead atoms. The molecule has 2 saturated carbocycles. The van der Waals surface area contributed by atoms with Crippen LogP contribution >= 0.6 is 0 Å². The standard InChI is InChI=1S/C16H30.C12H10/c1-3-7-11-15(12-8-4-1)16-13-9-5-2-6-10-14-16;1-3-7-11(8-4-1)12-9-5-2-6-10-12/h15-16H,1-14H2;1-10H. The van der Waals surface area contributed by atoms with Gasteiger partial charge < -0.3 is 0 Å². The van der Waals surface area contributed by atoms with Gasteiger partial charge in [-0.3, -0.25) is 0 Å². The summed E-state index contributed by atoms with van der Waals surface area (Å²) in [6, 6.07) is 20.8. The zero-order chi connectivity index (χ0) is 19.3. The molecule has 0 aromatic heterocycles. The Labute approximate surface area is 173 Å². The van der Waals surface area contributed by atoms with Gasteiger partial charge in [0.1, 0.15) is 0 Å². The van der Waals surface area contributed by atoms with Crippen LogP contribution in [0.1, 0.15) is 89.9 Å². The van der Waals surface area contributed by atoms with E-state index in [4.69, 9.17) is 0 Å². The molecule has 2 aliphatic carbocycles. The quantitative estimate of drug-likeness (QED) is 0.490. The molecule has 0 heterocycles. The minimum Gasteiger partial charge on any atom is -0.0622 e. The first-order valence-electron chi connectivity index (χ1n) is 12.0. The van der Waals surface area contributed by atoms with Crippen molar-refractivity contribution in [2.75, 3.05) is 0 Å². The van der Waals surface area contributed by atoms with Gasteiger partial charge in [-0.25, -0.2) is 0 Å². The molecule has 0 radical (unpaired) electrons. The number of hydrogen-bond acceptors (Lipinski definition) is 0. The Morgan fingerprint density at radius 3 is 0.964 bits per heavy atom. The van der Waals surface area contributed by atoms with E-state index in [1.54, 1.807) is 25.7 Å². The molecule has 0 saturated heterocycles. The van der Waals surface area contributed by atoms with Crippen LogP contribution in [0.4, 0.5) is 0 Å². The van der Waals surface area contributed by atoms with Crippen LogP contribution in [0.5, 0.6) is 0 Å². The van der Waals surface area contributed by atoms with Crippen molar-refractivity contribution in [3.63, 3.8) is 0 Å². The second-order valence-electron chi connectivity index (χ2n) is 8.94. The van der Waals surface area contributed by atoms with Gasteiger partial charge >= 0.3 is 0 Å². The van der Waals surface area contributed by atoms with Crippen molar-refractivity contribution in [2.45, 2.75) is 89.9 Å². The topological polar surface area (TPSA) is 0 Å². The third-order valence-electron chi connectivity index (χ3n) is 6.85. The summed E-state index contributed by atoms with van der Waals surface area (Å²) in [6.07, 6.45) is 21.4. The molecule has 0 N–H and O–H groups in total. The van der Waals surface area contributed by atoms with Crippen LogP contribution in [0.15, 0.2) is 60.7 Å². The number of benzene rings is 2. The van der Waals surface area contributed by atoms with Gasteiger partial charge in [-0.05, 0) is 23.0 Å². The molecule has 0 unspecified atom stereocenters. The predicted octanol–water partition coefficient (Wildman–Crippen LogP) is 9.06. The van der Waals surface area contributed by atoms with Crippen LogP contribution in [0.25, 0.3) is 11.1 Å². The van der Waals surface area contributed by atoms with Crippen molar-refractivity contribution in [1.82, 2.24) is 0 Å². The van der Waals surface area contributed by atoms with E-state index in [9.17, 15) is 0 Å². The minimum atomic E-state index is 1.11. The van der Waals surface area contributed by atoms with E-state index >= 15 is 0 Å². The van der Waals surface area contributed by atoms with Crippen LogP contribution in [-0.4, -0.2) is 0 Å². The third kappa shape index (κ3) is 7.46. The van der Waals surface area contributed by atoms with Gasteiger partial charge in [0.15, 0.2) is 0 Å². The lowest BCUT2D eigenvalue weighted by Crippen LogP contribution is -2.17. The van der Waals surface area contributed by atoms with E-state index in [1.807, 2.05) is 12.1 Å². The van der Waals surface area contributed by atoms with Crippen LogP contribution in [-0.2, 0) is 0 Å². The molecule has 0 heteroatoms. The van der Waals surface area contributed by atoms with Crippen molar-refractivity contribution in [2.24, 2.45) is 11.8 Å². The predicted molar refractivity (Wildman–Crippen MR) is 123 cm³/mol. The lowest BCUT2D eigenvalue weighted by atomic mass is 9.76. The Morgan fingerprint density at radius 2 is 0.643 bits per heavy atom. The van der Waals surface area contributed by atoms with E-state index < -0.39 is 0 Å². The zero-order valence-electron chi connectivity index (χ0n) is 17.8. The van der Waals surface area contributed by atoms with Gasteiger partial charge in [0.2, 0.25) is 0 Å². The maximum atomic E-state index is 2.12. The summed E-state index contributed by atoms with van der Waals surface area (Å²) in [5.74, 6) is 2.22. The maximum Gasteiger partial charge on any atom is -0.0184 e. The van der Waals surface area contributed by atoms with Gasteiger partial charge in [-0.15, -0.1) is 0 Å². The van der Waals surface area contributed by atoms with Gasteiger partial charge in [-0.1, -0.05) is 151 Å². The number of hydrogen-bond donors (Lipinski definition) is 0. The molecular weight excluding hydrogens is 336 g/mol. The highest BCUT2D eigenvalue weighted by Crippen LogP contribution is 2.35. The average molecular weight is 377 g/mol. The second kappa shape index (κ2) is 12.8. The summed E-state index contributed by atoms with van der Waals surface area (Å²) in [5, 5.41) is 0.